The van der Waals surface area contributed by atoms with Gasteiger partial charge in [0, 0.05) is 12.6 Å². The van der Waals surface area contributed by atoms with Gasteiger partial charge in [0.15, 0.2) is 0 Å². The van der Waals surface area contributed by atoms with Crippen molar-refractivity contribution in [2.45, 2.75) is 52.7 Å². The summed E-state index contributed by atoms with van der Waals surface area (Å²) in [4.78, 5) is 37.2. The Morgan fingerprint density at radius 1 is 1.00 bits per heavy atom. The molecule has 7 nitrogen and oxygen atoms in total. The Balaban J connectivity index is 4.99. The van der Waals surface area contributed by atoms with E-state index >= 15 is 0 Å². The number of ether oxygens (including phenoxy) is 1. The van der Waals surface area contributed by atoms with E-state index in [1.165, 1.54) is 11.9 Å². The van der Waals surface area contributed by atoms with Gasteiger partial charge in [0.05, 0.1) is 0 Å². The van der Waals surface area contributed by atoms with E-state index in [4.69, 9.17) is 9.84 Å². The van der Waals surface area contributed by atoms with E-state index < -0.39 is 35.7 Å². The first-order chi connectivity index (χ1) is 9.24. The van der Waals surface area contributed by atoms with E-state index in [0.717, 1.165) is 4.90 Å². The van der Waals surface area contributed by atoms with Gasteiger partial charge in [-0.2, -0.15) is 0 Å². The third-order valence-corrected chi connectivity index (χ3v) is 2.52. The molecule has 0 aromatic carbocycles. The molecule has 0 heterocycles. The molecular formula is C14H26N2O5. The molecule has 0 radical (unpaired) electrons. The maximum absolute atomic E-state index is 12.2. The minimum absolute atomic E-state index is 0.234. The predicted octanol–water partition coefficient (Wildman–Crippen LogP) is 1.56. The number of nitrogens with zero attached hydrogens (tertiary/aromatic N) is 2. The molecule has 0 atom stereocenters. The zero-order valence-corrected chi connectivity index (χ0v) is 13.9. The van der Waals surface area contributed by atoms with Gasteiger partial charge in [0.1, 0.15) is 18.7 Å². The molecule has 0 aromatic rings. The number of hydrogen-bond acceptors (Lipinski definition) is 4. The van der Waals surface area contributed by atoms with Crippen LogP contribution in [0.1, 0.15) is 41.5 Å². The number of rotatable bonds is 4. The highest BCUT2D eigenvalue weighted by atomic mass is 16.6. The summed E-state index contributed by atoms with van der Waals surface area (Å²) in [5, 5.41) is 8.69. The van der Waals surface area contributed by atoms with E-state index in [1.807, 2.05) is 0 Å². The molecule has 1 N–H and O–H groups in total. The topological polar surface area (TPSA) is 87.2 Å². The van der Waals surface area contributed by atoms with Crippen LogP contribution in [0.4, 0.5) is 4.79 Å². The van der Waals surface area contributed by atoms with E-state index in [9.17, 15) is 14.4 Å². The second kappa shape index (κ2) is 6.78. The van der Waals surface area contributed by atoms with Crippen molar-refractivity contribution in [3.05, 3.63) is 0 Å². The fourth-order valence-corrected chi connectivity index (χ4v) is 1.44. The highest BCUT2D eigenvalue weighted by molar-refractivity contribution is 5.85. The third-order valence-electron chi connectivity index (χ3n) is 2.52. The van der Waals surface area contributed by atoms with Crippen LogP contribution in [0.5, 0.6) is 0 Å². The van der Waals surface area contributed by atoms with E-state index in [0.29, 0.717) is 0 Å². The van der Waals surface area contributed by atoms with E-state index in [1.54, 1.807) is 41.5 Å². The van der Waals surface area contributed by atoms with Crippen molar-refractivity contribution >= 4 is 18.0 Å². The van der Waals surface area contributed by atoms with Crippen LogP contribution >= 0.6 is 0 Å². The fraction of sp³-hybridized carbons (Fsp3) is 0.786. The Morgan fingerprint density at radius 3 is 1.81 bits per heavy atom. The molecule has 0 aliphatic heterocycles. The molecule has 7 heteroatoms. The van der Waals surface area contributed by atoms with Crippen LogP contribution in [-0.2, 0) is 14.3 Å². The van der Waals surface area contributed by atoms with Gasteiger partial charge in [-0.05, 0) is 41.5 Å². The summed E-state index contributed by atoms with van der Waals surface area (Å²) in [6.07, 6.45) is -0.605. The second-order valence-corrected chi connectivity index (χ2v) is 6.88. The first-order valence-electron chi connectivity index (χ1n) is 6.70. The number of carboxylic acid groups (broad SMARTS) is 1. The van der Waals surface area contributed by atoms with Crippen LogP contribution in [0, 0.1) is 0 Å². The zero-order valence-electron chi connectivity index (χ0n) is 13.9. The van der Waals surface area contributed by atoms with Gasteiger partial charge in [-0.1, -0.05) is 0 Å². The van der Waals surface area contributed by atoms with E-state index in [2.05, 4.69) is 0 Å². The molecule has 0 aliphatic rings. The summed E-state index contributed by atoms with van der Waals surface area (Å²) in [7, 11) is 1.38. The molecule has 0 saturated heterocycles. The smallest absolute Gasteiger partial charge is 0.411 e. The van der Waals surface area contributed by atoms with Gasteiger partial charge in [-0.15, -0.1) is 0 Å². The molecule has 0 rings (SSSR count). The zero-order chi connectivity index (χ0) is 17.0. The van der Waals surface area contributed by atoms with Crippen LogP contribution in [0.15, 0.2) is 0 Å². The number of carboxylic acids is 1. The number of amides is 2. The molecule has 0 unspecified atom stereocenters. The molecule has 0 fully saturated rings. The van der Waals surface area contributed by atoms with Crippen molar-refractivity contribution in [3.8, 4) is 0 Å². The highest BCUT2D eigenvalue weighted by Crippen LogP contribution is 2.18. The van der Waals surface area contributed by atoms with Crippen molar-refractivity contribution in [2.24, 2.45) is 0 Å². The standard InChI is InChI=1S/C14H26N2O5/c1-13(2,3)16(12(20)21-14(4,5)6)8-10(17)15(7)9-11(18)19/h8-9H2,1-7H3,(H,18,19). The molecule has 0 spiro atoms. The molecule has 0 bridgehead atoms. The Labute approximate surface area is 125 Å². The van der Waals surface area contributed by atoms with Gasteiger partial charge >= 0.3 is 12.1 Å². The lowest BCUT2D eigenvalue weighted by Gasteiger charge is -2.37. The number of carbonyl (C=O) groups is 3. The third kappa shape index (κ3) is 7.53. The average Bonchev–Trinajstić information content (AvgIpc) is 2.19. The number of aliphatic carboxylic acids is 1. The van der Waals surface area contributed by atoms with E-state index in [-0.39, 0.29) is 6.54 Å². The molecule has 2 amide bonds. The molecular weight excluding hydrogens is 276 g/mol. The van der Waals surface area contributed by atoms with Crippen molar-refractivity contribution in [1.29, 1.82) is 0 Å². The SMILES string of the molecule is CN(CC(=O)O)C(=O)CN(C(=O)OC(C)(C)C)C(C)(C)C. The van der Waals surface area contributed by atoms with Gasteiger partial charge in [-0.25, -0.2) is 4.79 Å². The van der Waals surface area contributed by atoms with Crippen LogP contribution in [0.25, 0.3) is 0 Å². The van der Waals surface area contributed by atoms with Crippen molar-refractivity contribution in [2.75, 3.05) is 20.1 Å². The summed E-state index contributed by atoms with van der Waals surface area (Å²) >= 11 is 0. The van der Waals surface area contributed by atoms with Gasteiger partial charge < -0.3 is 14.7 Å². The number of likely N-dealkylation sites (N-methyl/N-ethyl adjacent to an activating group) is 1. The molecule has 0 aliphatic carbocycles. The second-order valence-electron chi connectivity index (χ2n) is 6.88. The average molecular weight is 302 g/mol. The summed E-state index contributed by atoms with van der Waals surface area (Å²) < 4.78 is 5.29. The fourth-order valence-electron chi connectivity index (χ4n) is 1.44. The summed E-state index contributed by atoms with van der Waals surface area (Å²) in [6.45, 7) is 9.91. The van der Waals surface area contributed by atoms with Crippen LogP contribution in [0.2, 0.25) is 0 Å². The molecule has 21 heavy (non-hydrogen) atoms. The summed E-state index contributed by atoms with van der Waals surface area (Å²) in [5.74, 6) is -1.57. The Bertz CT molecular complexity index is 407. The largest absolute Gasteiger partial charge is 0.480 e. The summed E-state index contributed by atoms with van der Waals surface area (Å²) in [6, 6.07) is 0. The van der Waals surface area contributed by atoms with Gasteiger partial charge in [0.2, 0.25) is 5.91 Å². The summed E-state index contributed by atoms with van der Waals surface area (Å²) in [5.41, 5.74) is -1.29. The van der Waals surface area contributed by atoms with Crippen molar-refractivity contribution in [1.82, 2.24) is 9.80 Å². The predicted molar refractivity (Wildman–Crippen MR) is 78.0 cm³/mol. The van der Waals surface area contributed by atoms with Crippen molar-refractivity contribution < 1.29 is 24.2 Å². The lowest BCUT2D eigenvalue weighted by molar-refractivity contribution is -0.144. The Kier molecular flexibility index (Phi) is 6.20. The quantitative estimate of drug-likeness (QED) is 0.851. The lowest BCUT2D eigenvalue weighted by atomic mass is 10.1. The maximum Gasteiger partial charge on any atom is 0.411 e. The maximum atomic E-state index is 12.2. The molecule has 0 saturated carbocycles. The Hall–Kier alpha value is -1.79. The first-order valence-corrected chi connectivity index (χ1v) is 6.70. The normalized spacial score (nSPS) is 11.8. The van der Waals surface area contributed by atoms with Gasteiger partial charge in [0.25, 0.3) is 0 Å². The minimum atomic E-state index is -1.11. The minimum Gasteiger partial charge on any atom is -0.480 e. The first kappa shape index (κ1) is 19.2. The molecule has 0 aromatic heterocycles. The lowest BCUT2D eigenvalue weighted by Crippen LogP contribution is -2.52. The number of carbonyl (C=O) groups excluding carboxylic acids is 2. The van der Waals surface area contributed by atoms with Crippen LogP contribution < -0.4 is 0 Å². The number of hydrogen-bond donors (Lipinski definition) is 1. The monoisotopic (exact) mass is 302 g/mol. The Morgan fingerprint density at radius 2 is 1.48 bits per heavy atom. The van der Waals surface area contributed by atoms with Crippen molar-refractivity contribution in [3.63, 3.8) is 0 Å². The molecule has 122 valence electrons. The van der Waals surface area contributed by atoms with Crippen LogP contribution in [0.3, 0.4) is 0 Å². The highest BCUT2D eigenvalue weighted by Gasteiger charge is 2.33. The van der Waals surface area contributed by atoms with Gasteiger partial charge in [-0.3, -0.25) is 14.5 Å². The van der Waals surface area contributed by atoms with Crippen LogP contribution in [-0.4, -0.2) is 64.2 Å².